The second-order valence-corrected chi connectivity index (χ2v) is 6.07. The highest BCUT2D eigenvalue weighted by atomic mass is 16.5. The van der Waals surface area contributed by atoms with Crippen LogP contribution in [0.3, 0.4) is 0 Å². The standard InChI is InChI=1S/C19H18N2O4/c1-12-8-17(13(2)21(12)15-5-6-15)18(22)11-25-19(23)14(10-20)9-16-4-3-7-24-16/h3-4,7-9,15H,5-6,11H2,1-2H3/b14-9-. The fraction of sp³-hybridized carbons (Fsp3) is 0.316. The lowest BCUT2D eigenvalue weighted by molar-refractivity contribution is -0.137. The van der Waals surface area contributed by atoms with Crippen molar-refractivity contribution in [3.05, 3.63) is 52.7 Å². The number of hydrogen-bond donors (Lipinski definition) is 0. The first kappa shape index (κ1) is 16.8. The molecule has 3 rings (SSSR count). The Labute approximate surface area is 145 Å². The summed E-state index contributed by atoms with van der Waals surface area (Å²) in [6.45, 7) is 3.47. The third-order valence-corrected chi connectivity index (χ3v) is 4.20. The first-order valence-corrected chi connectivity index (χ1v) is 8.05. The first-order valence-electron chi connectivity index (χ1n) is 8.05. The summed E-state index contributed by atoms with van der Waals surface area (Å²) in [6, 6.07) is 7.32. The van der Waals surface area contributed by atoms with Crippen molar-refractivity contribution in [2.45, 2.75) is 32.7 Å². The van der Waals surface area contributed by atoms with Gasteiger partial charge >= 0.3 is 5.97 Å². The predicted molar refractivity (Wildman–Crippen MR) is 89.8 cm³/mol. The molecule has 0 bridgehead atoms. The van der Waals surface area contributed by atoms with Crippen LogP contribution >= 0.6 is 0 Å². The Balaban J connectivity index is 1.67. The van der Waals surface area contributed by atoms with Gasteiger partial charge in [-0.25, -0.2) is 4.79 Å². The van der Waals surface area contributed by atoms with Crippen molar-refractivity contribution in [2.24, 2.45) is 0 Å². The van der Waals surface area contributed by atoms with E-state index in [1.807, 2.05) is 19.9 Å². The van der Waals surface area contributed by atoms with Crippen LogP contribution in [0.1, 0.15) is 46.4 Å². The number of Topliss-reactive ketones (excluding diaryl/α,β-unsaturated/α-hetero) is 1. The number of esters is 1. The minimum atomic E-state index is -0.844. The molecular weight excluding hydrogens is 320 g/mol. The molecule has 6 heteroatoms. The third-order valence-electron chi connectivity index (χ3n) is 4.20. The van der Waals surface area contributed by atoms with Crippen LogP contribution in [0.25, 0.3) is 6.08 Å². The molecule has 0 spiro atoms. The number of rotatable bonds is 6. The summed E-state index contributed by atoms with van der Waals surface area (Å²) in [5.41, 5.74) is 2.27. The van der Waals surface area contributed by atoms with Crippen molar-refractivity contribution in [1.29, 1.82) is 5.26 Å². The van der Waals surface area contributed by atoms with E-state index in [1.54, 1.807) is 18.2 Å². The second-order valence-electron chi connectivity index (χ2n) is 6.07. The maximum absolute atomic E-state index is 12.4. The SMILES string of the molecule is Cc1cc(C(=O)COC(=O)/C(C#N)=C\c2ccco2)c(C)n1C1CC1. The molecule has 6 nitrogen and oxygen atoms in total. The Morgan fingerprint density at radius 1 is 1.44 bits per heavy atom. The molecule has 1 fully saturated rings. The topological polar surface area (TPSA) is 85.2 Å². The zero-order valence-corrected chi connectivity index (χ0v) is 14.1. The van der Waals surface area contributed by atoms with E-state index in [2.05, 4.69) is 4.57 Å². The predicted octanol–water partition coefficient (Wildman–Crippen LogP) is 3.37. The number of ether oxygens (including phenoxy) is 1. The Hall–Kier alpha value is -3.07. The molecule has 128 valence electrons. The summed E-state index contributed by atoms with van der Waals surface area (Å²) >= 11 is 0. The molecule has 0 unspecified atom stereocenters. The van der Waals surface area contributed by atoms with Gasteiger partial charge in [0.2, 0.25) is 5.78 Å². The van der Waals surface area contributed by atoms with E-state index < -0.39 is 12.6 Å². The van der Waals surface area contributed by atoms with Crippen LogP contribution in [-0.4, -0.2) is 22.9 Å². The molecule has 0 saturated heterocycles. The van der Waals surface area contributed by atoms with Crippen molar-refractivity contribution in [3.63, 3.8) is 0 Å². The van der Waals surface area contributed by atoms with Crippen LogP contribution in [0.15, 0.2) is 34.5 Å². The van der Waals surface area contributed by atoms with Crippen molar-refractivity contribution in [3.8, 4) is 6.07 Å². The zero-order valence-electron chi connectivity index (χ0n) is 14.1. The highest BCUT2D eigenvalue weighted by Crippen LogP contribution is 2.38. The van der Waals surface area contributed by atoms with Gasteiger partial charge in [-0.1, -0.05) is 0 Å². The van der Waals surface area contributed by atoms with Crippen molar-refractivity contribution < 1.29 is 18.7 Å². The normalized spacial score (nSPS) is 14.2. The third kappa shape index (κ3) is 3.56. The maximum Gasteiger partial charge on any atom is 0.349 e. The quantitative estimate of drug-likeness (QED) is 0.349. The lowest BCUT2D eigenvalue weighted by atomic mass is 10.1. The van der Waals surface area contributed by atoms with Crippen molar-refractivity contribution in [1.82, 2.24) is 4.57 Å². The molecule has 1 aliphatic carbocycles. The number of nitriles is 1. The number of nitrogens with zero attached hydrogens (tertiary/aromatic N) is 2. The van der Waals surface area contributed by atoms with Gasteiger partial charge < -0.3 is 13.7 Å². The van der Waals surface area contributed by atoms with E-state index in [4.69, 9.17) is 14.4 Å². The molecule has 25 heavy (non-hydrogen) atoms. The molecule has 0 N–H and O–H groups in total. The van der Waals surface area contributed by atoms with Gasteiger partial charge in [0, 0.05) is 29.1 Å². The van der Waals surface area contributed by atoms with Crippen LogP contribution < -0.4 is 0 Å². The molecule has 2 aromatic heterocycles. The monoisotopic (exact) mass is 338 g/mol. The maximum atomic E-state index is 12.4. The minimum absolute atomic E-state index is 0.216. The van der Waals surface area contributed by atoms with Gasteiger partial charge in [-0.05, 0) is 44.9 Å². The van der Waals surface area contributed by atoms with E-state index in [9.17, 15) is 9.59 Å². The Kier molecular flexibility index (Phi) is 4.57. The number of carbonyl (C=O) groups excluding carboxylic acids is 2. The number of ketones is 1. The van der Waals surface area contributed by atoms with Gasteiger partial charge in [-0.2, -0.15) is 5.26 Å². The lowest BCUT2D eigenvalue weighted by Crippen LogP contribution is -2.15. The Morgan fingerprint density at radius 3 is 2.80 bits per heavy atom. The van der Waals surface area contributed by atoms with E-state index in [0.717, 1.165) is 24.2 Å². The average molecular weight is 338 g/mol. The molecule has 2 aromatic rings. The fourth-order valence-corrected chi connectivity index (χ4v) is 2.89. The summed E-state index contributed by atoms with van der Waals surface area (Å²) in [4.78, 5) is 24.4. The molecule has 0 amide bonds. The molecule has 1 saturated carbocycles. The van der Waals surface area contributed by atoms with Gasteiger partial charge in [0.1, 0.15) is 17.4 Å². The number of hydrogen-bond acceptors (Lipinski definition) is 5. The molecule has 0 aliphatic heterocycles. The lowest BCUT2D eigenvalue weighted by Gasteiger charge is -2.07. The fourth-order valence-electron chi connectivity index (χ4n) is 2.89. The summed E-state index contributed by atoms with van der Waals surface area (Å²) in [7, 11) is 0. The highest BCUT2D eigenvalue weighted by molar-refractivity contribution is 6.02. The smallest absolute Gasteiger partial charge is 0.349 e. The summed E-state index contributed by atoms with van der Waals surface area (Å²) in [6.07, 6.45) is 4.97. The van der Waals surface area contributed by atoms with Crippen LogP contribution in [0.4, 0.5) is 0 Å². The second kappa shape index (κ2) is 6.81. The summed E-state index contributed by atoms with van der Waals surface area (Å²) < 4.78 is 12.2. The molecule has 2 heterocycles. The Bertz CT molecular complexity index is 877. The van der Waals surface area contributed by atoms with Gasteiger partial charge in [-0.3, -0.25) is 4.79 Å². The van der Waals surface area contributed by atoms with Gasteiger partial charge in [0.15, 0.2) is 6.61 Å². The van der Waals surface area contributed by atoms with Gasteiger partial charge in [0.25, 0.3) is 0 Å². The number of aromatic nitrogens is 1. The number of aryl methyl sites for hydroxylation is 1. The average Bonchev–Trinajstić information content (AvgIpc) is 3.19. The molecule has 0 aromatic carbocycles. The van der Waals surface area contributed by atoms with Crippen molar-refractivity contribution in [2.75, 3.05) is 6.61 Å². The van der Waals surface area contributed by atoms with Gasteiger partial charge in [0.05, 0.1) is 6.26 Å². The van der Waals surface area contributed by atoms with Crippen LogP contribution in [0.2, 0.25) is 0 Å². The minimum Gasteiger partial charge on any atom is -0.465 e. The van der Waals surface area contributed by atoms with Gasteiger partial charge in [-0.15, -0.1) is 0 Å². The van der Waals surface area contributed by atoms with E-state index in [0.29, 0.717) is 17.4 Å². The van der Waals surface area contributed by atoms with E-state index >= 15 is 0 Å². The first-order chi connectivity index (χ1) is 12.0. The number of carbonyl (C=O) groups is 2. The zero-order chi connectivity index (χ0) is 18.0. The number of furan rings is 1. The highest BCUT2D eigenvalue weighted by Gasteiger charge is 2.28. The van der Waals surface area contributed by atoms with Crippen molar-refractivity contribution >= 4 is 17.8 Å². The van der Waals surface area contributed by atoms with E-state index in [-0.39, 0.29) is 11.4 Å². The molecule has 0 radical (unpaired) electrons. The van der Waals surface area contributed by atoms with Crippen LogP contribution in [0, 0.1) is 25.2 Å². The molecule has 1 aliphatic rings. The summed E-state index contributed by atoms with van der Waals surface area (Å²) in [5, 5.41) is 9.08. The molecule has 0 atom stereocenters. The van der Waals surface area contributed by atoms with E-state index in [1.165, 1.54) is 12.3 Å². The summed E-state index contributed by atoms with van der Waals surface area (Å²) in [5.74, 6) is -0.750. The Morgan fingerprint density at radius 2 is 2.20 bits per heavy atom. The van der Waals surface area contributed by atoms with Crippen LogP contribution in [0.5, 0.6) is 0 Å². The van der Waals surface area contributed by atoms with Crippen LogP contribution in [-0.2, 0) is 9.53 Å². The molecular formula is C19H18N2O4. The largest absolute Gasteiger partial charge is 0.465 e.